The molecule has 2 aromatic heterocycles. The summed E-state index contributed by atoms with van der Waals surface area (Å²) >= 11 is 0. The second-order valence-electron chi connectivity index (χ2n) is 8.97. The normalized spacial score (nSPS) is 13.9. The van der Waals surface area contributed by atoms with Gasteiger partial charge in [-0.3, -0.25) is 4.79 Å². The van der Waals surface area contributed by atoms with Crippen LogP contribution in [0.5, 0.6) is 0 Å². The lowest BCUT2D eigenvalue weighted by atomic mass is 10.0. The lowest BCUT2D eigenvalue weighted by molar-refractivity contribution is -0.143. The Kier molecular flexibility index (Phi) is 6.84. The Morgan fingerprint density at radius 2 is 1.94 bits per heavy atom. The fraction of sp³-hybridized carbons (Fsp3) is 0.393. The van der Waals surface area contributed by atoms with E-state index in [4.69, 9.17) is 14.2 Å². The number of benzene rings is 2. The van der Waals surface area contributed by atoms with Crippen molar-refractivity contribution in [1.82, 2.24) is 14.7 Å². The van der Waals surface area contributed by atoms with Gasteiger partial charge >= 0.3 is 5.97 Å². The first kappa shape index (κ1) is 23.1. The summed E-state index contributed by atoms with van der Waals surface area (Å²) in [5.74, 6) is 0.900. The van der Waals surface area contributed by atoms with E-state index < -0.39 is 0 Å². The minimum Gasteiger partial charge on any atom is -0.466 e. The largest absolute Gasteiger partial charge is 0.466 e. The highest BCUT2D eigenvalue weighted by Gasteiger charge is 2.18. The van der Waals surface area contributed by atoms with Gasteiger partial charge in [-0.25, -0.2) is 0 Å². The van der Waals surface area contributed by atoms with Crippen molar-refractivity contribution in [2.45, 2.75) is 52.5 Å². The van der Waals surface area contributed by atoms with Crippen LogP contribution in [0.4, 0.5) is 5.69 Å². The number of esters is 1. The van der Waals surface area contributed by atoms with Crippen LogP contribution in [-0.2, 0) is 22.5 Å². The first-order valence-corrected chi connectivity index (χ1v) is 12.6. The van der Waals surface area contributed by atoms with Gasteiger partial charge in [-0.1, -0.05) is 24.2 Å². The molecule has 0 unspecified atom stereocenters. The third-order valence-corrected chi connectivity index (χ3v) is 6.75. The number of hydrogen-bond donors (Lipinski definition) is 0. The first-order chi connectivity index (χ1) is 17.2. The SMILES string of the molecule is CCOC(=O)CCn1ccc2c(-c3noc(-c4ccc(N5CCCCC5)c(CC)c4)n3)cccc21. The maximum atomic E-state index is 11.8. The molecule has 1 fully saturated rings. The Morgan fingerprint density at radius 3 is 2.74 bits per heavy atom. The minimum atomic E-state index is -0.189. The number of anilines is 1. The number of carbonyl (C=O) groups excluding carboxylic acids is 1. The van der Waals surface area contributed by atoms with Gasteiger partial charge in [0, 0.05) is 53.5 Å². The number of rotatable bonds is 8. The number of aromatic nitrogens is 3. The third kappa shape index (κ3) is 4.81. The monoisotopic (exact) mass is 472 g/mol. The number of fused-ring (bicyclic) bond motifs is 1. The summed E-state index contributed by atoms with van der Waals surface area (Å²) in [5.41, 5.74) is 5.51. The highest BCUT2D eigenvalue weighted by atomic mass is 16.5. The van der Waals surface area contributed by atoms with Crippen LogP contribution < -0.4 is 4.90 Å². The molecule has 0 aliphatic carbocycles. The van der Waals surface area contributed by atoms with Crippen molar-refractivity contribution in [1.29, 1.82) is 0 Å². The van der Waals surface area contributed by atoms with Crippen molar-refractivity contribution < 1.29 is 14.1 Å². The van der Waals surface area contributed by atoms with Gasteiger partial charge in [-0.15, -0.1) is 0 Å². The molecule has 1 saturated heterocycles. The maximum absolute atomic E-state index is 11.8. The molecule has 0 N–H and O–H groups in total. The van der Waals surface area contributed by atoms with Crippen molar-refractivity contribution >= 4 is 22.6 Å². The Labute approximate surface area is 205 Å². The number of hydrogen-bond acceptors (Lipinski definition) is 6. The maximum Gasteiger partial charge on any atom is 0.307 e. The molecule has 4 aromatic rings. The number of piperidine rings is 1. The first-order valence-electron chi connectivity index (χ1n) is 12.6. The molecular formula is C28H32N4O3. The average Bonchev–Trinajstić information content (AvgIpc) is 3.55. The van der Waals surface area contributed by atoms with E-state index in [0.717, 1.165) is 41.5 Å². The molecule has 1 aliphatic heterocycles. The van der Waals surface area contributed by atoms with Crippen LogP contribution in [-0.4, -0.2) is 40.4 Å². The van der Waals surface area contributed by atoms with E-state index in [1.165, 1.54) is 30.5 Å². The molecule has 2 aromatic carbocycles. The Hall–Kier alpha value is -3.61. The molecule has 0 amide bonds. The number of ether oxygens (including phenoxy) is 1. The van der Waals surface area contributed by atoms with Crippen LogP contribution in [0.1, 0.15) is 45.1 Å². The zero-order valence-corrected chi connectivity index (χ0v) is 20.5. The van der Waals surface area contributed by atoms with Gasteiger partial charge in [0.1, 0.15) is 0 Å². The second kappa shape index (κ2) is 10.3. The molecule has 7 heteroatoms. The highest BCUT2D eigenvalue weighted by molar-refractivity contribution is 5.94. The van der Waals surface area contributed by atoms with Crippen molar-refractivity contribution in [3.8, 4) is 22.8 Å². The van der Waals surface area contributed by atoms with Gasteiger partial charge in [0.2, 0.25) is 5.82 Å². The molecule has 182 valence electrons. The summed E-state index contributed by atoms with van der Waals surface area (Å²) in [4.78, 5) is 19.0. The van der Waals surface area contributed by atoms with Crippen LogP contribution >= 0.6 is 0 Å². The summed E-state index contributed by atoms with van der Waals surface area (Å²) in [7, 11) is 0. The molecule has 0 atom stereocenters. The van der Waals surface area contributed by atoms with E-state index in [2.05, 4.69) is 39.7 Å². The van der Waals surface area contributed by atoms with E-state index in [1.807, 2.05) is 37.4 Å². The van der Waals surface area contributed by atoms with E-state index in [0.29, 0.717) is 31.3 Å². The lowest BCUT2D eigenvalue weighted by Gasteiger charge is -2.30. The fourth-order valence-corrected chi connectivity index (χ4v) is 4.95. The van der Waals surface area contributed by atoms with Gasteiger partial charge < -0.3 is 18.7 Å². The quantitative estimate of drug-likeness (QED) is 0.299. The average molecular weight is 473 g/mol. The van der Waals surface area contributed by atoms with Gasteiger partial charge in [0.25, 0.3) is 5.89 Å². The van der Waals surface area contributed by atoms with Gasteiger partial charge in [0.15, 0.2) is 0 Å². The molecule has 0 saturated carbocycles. The Bertz CT molecular complexity index is 1320. The summed E-state index contributed by atoms with van der Waals surface area (Å²) in [6, 6.07) is 14.5. The Balaban J connectivity index is 1.40. The third-order valence-electron chi connectivity index (χ3n) is 6.75. The van der Waals surface area contributed by atoms with Crippen molar-refractivity contribution in [2.75, 3.05) is 24.6 Å². The Morgan fingerprint density at radius 1 is 1.09 bits per heavy atom. The molecular weight excluding hydrogens is 440 g/mol. The predicted molar refractivity (Wildman–Crippen MR) is 137 cm³/mol. The summed E-state index contributed by atoms with van der Waals surface area (Å²) in [6.07, 6.45) is 7.12. The van der Waals surface area contributed by atoms with Gasteiger partial charge in [-0.2, -0.15) is 4.98 Å². The van der Waals surface area contributed by atoms with E-state index in [1.54, 1.807) is 0 Å². The topological polar surface area (TPSA) is 73.4 Å². The molecule has 0 bridgehead atoms. The van der Waals surface area contributed by atoms with Crippen molar-refractivity contribution in [2.24, 2.45) is 0 Å². The van der Waals surface area contributed by atoms with Crippen LogP contribution in [0.2, 0.25) is 0 Å². The molecule has 35 heavy (non-hydrogen) atoms. The number of aryl methyl sites for hydroxylation is 2. The predicted octanol–water partition coefficient (Wildman–Crippen LogP) is 5.86. The molecule has 0 spiro atoms. The minimum absolute atomic E-state index is 0.189. The van der Waals surface area contributed by atoms with Crippen LogP contribution in [0, 0.1) is 0 Å². The van der Waals surface area contributed by atoms with Crippen LogP contribution in [0.15, 0.2) is 53.2 Å². The lowest BCUT2D eigenvalue weighted by Crippen LogP contribution is -2.30. The van der Waals surface area contributed by atoms with E-state index in [-0.39, 0.29) is 5.97 Å². The zero-order chi connectivity index (χ0) is 24.2. The molecule has 3 heterocycles. The van der Waals surface area contributed by atoms with Crippen molar-refractivity contribution in [3.63, 3.8) is 0 Å². The summed E-state index contributed by atoms with van der Waals surface area (Å²) < 4.78 is 12.8. The molecule has 0 radical (unpaired) electrons. The number of carbonyl (C=O) groups is 1. The van der Waals surface area contributed by atoms with E-state index >= 15 is 0 Å². The van der Waals surface area contributed by atoms with Crippen molar-refractivity contribution in [3.05, 3.63) is 54.2 Å². The van der Waals surface area contributed by atoms with Gasteiger partial charge in [0.05, 0.1) is 13.0 Å². The molecule has 5 rings (SSSR count). The highest BCUT2D eigenvalue weighted by Crippen LogP contribution is 2.32. The van der Waals surface area contributed by atoms with Gasteiger partial charge in [-0.05, 0) is 68.5 Å². The number of nitrogens with zero attached hydrogens (tertiary/aromatic N) is 4. The van der Waals surface area contributed by atoms with Crippen LogP contribution in [0.3, 0.4) is 0 Å². The summed E-state index contributed by atoms with van der Waals surface area (Å²) in [6.45, 7) is 7.23. The summed E-state index contributed by atoms with van der Waals surface area (Å²) in [5, 5.41) is 5.33. The van der Waals surface area contributed by atoms with Crippen LogP contribution in [0.25, 0.3) is 33.7 Å². The smallest absolute Gasteiger partial charge is 0.307 e. The standard InChI is InChI=1S/C28H32N4O3/c1-3-20-19-21(11-12-24(20)31-15-6-5-7-16-31)28-29-27(30-35-28)23-9-8-10-25-22(23)13-17-32(25)18-14-26(33)34-4-2/h8-13,17,19H,3-7,14-16,18H2,1-2H3. The zero-order valence-electron chi connectivity index (χ0n) is 20.5. The molecule has 1 aliphatic rings. The fourth-order valence-electron chi connectivity index (χ4n) is 4.95. The second-order valence-corrected chi connectivity index (χ2v) is 8.97. The van der Waals surface area contributed by atoms with E-state index in [9.17, 15) is 4.79 Å². The molecule has 7 nitrogen and oxygen atoms in total.